The lowest BCUT2D eigenvalue weighted by Crippen LogP contribution is -2.49. The van der Waals surface area contributed by atoms with Gasteiger partial charge in [0, 0.05) is 51.0 Å². The summed E-state index contributed by atoms with van der Waals surface area (Å²) >= 11 is 0. The van der Waals surface area contributed by atoms with E-state index in [1.165, 1.54) is 19.3 Å². The van der Waals surface area contributed by atoms with Crippen LogP contribution in [0.1, 0.15) is 44.4 Å². The normalized spacial score (nSPS) is 17.4. The quantitative estimate of drug-likeness (QED) is 0.622. The molecule has 0 spiro atoms. The van der Waals surface area contributed by atoms with Crippen molar-refractivity contribution in [2.75, 3.05) is 49.1 Å². The fraction of sp³-hybridized carbons (Fsp3) is 0.560. The van der Waals surface area contributed by atoms with Crippen molar-refractivity contribution in [1.82, 2.24) is 14.9 Å². The van der Waals surface area contributed by atoms with Crippen LogP contribution in [-0.4, -0.2) is 73.7 Å². The molecule has 34 heavy (non-hydrogen) atoms. The molecule has 0 bridgehead atoms. The first kappa shape index (κ1) is 24.4. The van der Waals surface area contributed by atoms with E-state index in [2.05, 4.69) is 14.8 Å². The topological polar surface area (TPSA) is 86.7 Å². The summed E-state index contributed by atoms with van der Waals surface area (Å²) in [4.78, 5) is 29.1. The van der Waals surface area contributed by atoms with Crippen LogP contribution < -0.4 is 9.80 Å². The molecule has 2 fully saturated rings. The second-order valence-corrected chi connectivity index (χ2v) is 12.0. The van der Waals surface area contributed by atoms with E-state index in [9.17, 15) is 13.2 Å². The Morgan fingerprint density at radius 1 is 0.912 bits per heavy atom. The van der Waals surface area contributed by atoms with Gasteiger partial charge in [-0.1, -0.05) is 12.1 Å². The number of anilines is 2. The second-order valence-electron chi connectivity index (χ2n) is 9.50. The Balaban J connectivity index is 1.35. The molecule has 2 saturated heterocycles. The molecule has 0 aliphatic carbocycles. The lowest BCUT2D eigenvalue weighted by Gasteiger charge is -2.36. The first-order valence-corrected chi connectivity index (χ1v) is 13.7. The Hall–Kier alpha value is -2.68. The fourth-order valence-electron chi connectivity index (χ4n) is 4.47. The molecule has 1 aromatic carbocycles. The fourth-order valence-corrected chi connectivity index (χ4v) is 5.53. The van der Waals surface area contributed by atoms with Gasteiger partial charge in [0.15, 0.2) is 9.84 Å². The number of carbonyl (C=O) groups is 1. The van der Waals surface area contributed by atoms with Crippen molar-refractivity contribution in [3.8, 4) is 0 Å². The van der Waals surface area contributed by atoms with E-state index in [1.54, 1.807) is 38.1 Å². The van der Waals surface area contributed by atoms with Crippen molar-refractivity contribution in [2.45, 2.75) is 56.6 Å². The first-order chi connectivity index (χ1) is 16.2. The number of rotatable bonds is 6. The van der Waals surface area contributed by atoms with Crippen molar-refractivity contribution in [3.05, 3.63) is 41.6 Å². The van der Waals surface area contributed by atoms with Crippen LogP contribution in [0.3, 0.4) is 0 Å². The molecule has 8 nitrogen and oxygen atoms in total. The summed E-state index contributed by atoms with van der Waals surface area (Å²) in [7, 11) is -3.30. The van der Waals surface area contributed by atoms with Gasteiger partial charge in [-0.3, -0.25) is 4.79 Å². The Morgan fingerprint density at radius 2 is 1.56 bits per heavy atom. The number of hydrogen-bond acceptors (Lipinski definition) is 7. The highest BCUT2D eigenvalue weighted by Crippen LogP contribution is 2.22. The summed E-state index contributed by atoms with van der Waals surface area (Å²) in [5.74, 6) is 1.81. The predicted molar refractivity (Wildman–Crippen MR) is 134 cm³/mol. The molecule has 1 aromatic heterocycles. The smallest absolute Gasteiger partial charge is 0.227 e. The number of amides is 1. The van der Waals surface area contributed by atoms with E-state index in [0.29, 0.717) is 18.0 Å². The van der Waals surface area contributed by atoms with Crippen LogP contribution >= 0.6 is 0 Å². The number of carbonyl (C=O) groups excluding carboxylic acids is 1. The Morgan fingerprint density at radius 3 is 2.18 bits per heavy atom. The third-order valence-electron chi connectivity index (χ3n) is 6.65. The number of piperidine rings is 1. The Labute approximate surface area is 202 Å². The zero-order chi connectivity index (χ0) is 24.3. The van der Waals surface area contributed by atoms with Crippen LogP contribution in [0.4, 0.5) is 11.8 Å². The molecular weight excluding hydrogens is 450 g/mol. The summed E-state index contributed by atoms with van der Waals surface area (Å²) in [6.45, 7) is 10.1. The highest BCUT2D eigenvalue weighted by Gasteiger charge is 2.24. The molecule has 2 aromatic rings. The van der Waals surface area contributed by atoms with Crippen molar-refractivity contribution in [1.29, 1.82) is 0 Å². The minimum Gasteiger partial charge on any atom is -0.353 e. The molecule has 9 heteroatoms. The van der Waals surface area contributed by atoms with Gasteiger partial charge in [0.25, 0.3) is 0 Å². The first-order valence-electron chi connectivity index (χ1n) is 12.2. The second kappa shape index (κ2) is 10.3. The summed E-state index contributed by atoms with van der Waals surface area (Å²) in [6.07, 6.45) is 3.91. The van der Waals surface area contributed by atoms with Gasteiger partial charge in [0.1, 0.15) is 5.82 Å². The molecule has 0 atom stereocenters. The predicted octanol–water partition coefficient (Wildman–Crippen LogP) is 2.85. The number of sulfone groups is 1. The van der Waals surface area contributed by atoms with Gasteiger partial charge in [-0.05, 0) is 57.7 Å². The summed E-state index contributed by atoms with van der Waals surface area (Å²) in [5, 5.41) is -0.467. The molecule has 1 amide bonds. The third kappa shape index (κ3) is 5.51. The van der Waals surface area contributed by atoms with Crippen LogP contribution in [0.5, 0.6) is 0 Å². The monoisotopic (exact) mass is 485 g/mol. The third-order valence-corrected chi connectivity index (χ3v) is 8.82. The zero-order valence-corrected chi connectivity index (χ0v) is 21.2. The van der Waals surface area contributed by atoms with Crippen LogP contribution in [0.2, 0.25) is 0 Å². The summed E-state index contributed by atoms with van der Waals surface area (Å²) < 4.78 is 24.6. The van der Waals surface area contributed by atoms with Crippen LogP contribution in [0.25, 0.3) is 0 Å². The van der Waals surface area contributed by atoms with Gasteiger partial charge in [-0.25, -0.2) is 13.4 Å². The molecule has 3 heterocycles. The number of piperazine rings is 1. The molecule has 4 rings (SSSR count). The minimum atomic E-state index is -3.30. The van der Waals surface area contributed by atoms with Crippen molar-refractivity contribution < 1.29 is 13.2 Å². The molecule has 2 aliphatic rings. The van der Waals surface area contributed by atoms with E-state index < -0.39 is 15.1 Å². The summed E-state index contributed by atoms with van der Waals surface area (Å²) in [6, 6.07) is 8.72. The molecule has 0 N–H and O–H groups in total. The van der Waals surface area contributed by atoms with Gasteiger partial charge in [-0.15, -0.1) is 0 Å². The SMILES string of the molecule is Cc1cc(N2CCN(C(=O)Cc3ccc(S(=O)(=O)C(C)C)cc3)CC2)nc(N2CCCCC2)n1. The zero-order valence-electron chi connectivity index (χ0n) is 20.4. The van der Waals surface area contributed by atoms with Gasteiger partial charge >= 0.3 is 0 Å². The molecule has 2 aliphatic heterocycles. The van der Waals surface area contributed by atoms with Crippen molar-refractivity contribution in [3.63, 3.8) is 0 Å². The van der Waals surface area contributed by atoms with E-state index in [4.69, 9.17) is 4.98 Å². The number of hydrogen-bond donors (Lipinski definition) is 0. The standard InChI is InChI=1S/C25H35N5O3S/c1-19(2)34(32,33)22-9-7-21(8-10-22)18-24(31)29-15-13-28(14-16-29)23-17-20(3)26-25(27-23)30-11-5-4-6-12-30/h7-10,17,19H,4-6,11-16,18H2,1-3H3. The maximum absolute atomic E-state index is 12.9. The van der Waals surface area contributed by atoms with Crippen LogP contribution in [0.15, 0.2) is 35.2 Å². The number of aromatic nitrogens is 2. The molecule has 184 valence electrons. The minimum absolute atomic E-state index is 0.0620. The highest BCUT2D eigenvalue weighted by molar-refractivity contribution is 7.92. The van der Waals surface area contributed by atoms with Crippen molar-refractivity contribution in [2.24, 2.45) is 0 Å². The average Bonchev–Trinajstić information content (AvgIpc) is 2.84. The van der Waals surface area contributed by atoms with Crippen LogP contribution in [0, 0.1) is 6.92 Å². The molecule has 0 unspecified atom stereocenters. The number of nitrogens with zero attached hydrogens (tertiary/aromatic N) is 5. The van der Waals surface area contributed by atoms with E-state index in [-0.39, 0.29) is 12.3 Å². The largest absolute Gasteiger partial charge is 0.353 e. The van der Waals surface area contributed by atoms with Gasteiger partial charge in [0.05, 0.1) is 16.6 Å². The molecule has 0 radical (unpaired) electrons. The molecule has 0 saturated carbocycles. The van der Waals surface area contributed by atoms with E-state index in [1.807, 2.05) is 17.9 Å². The lowest BCUT2D eigenvalue weighted by molar-refractivity contribution is -0.130. The van der Waals surface area contributed by atoms with Gasteiger partial charge in [0.2, 0.25) is 11.9 Å². The van der Waals surface area contributed by atoms with E-state index in [0.717, 1.165) is 49.2 Å². The number of benzene rings is 1. The molecular formula is C25H35N5O3S. The highest BCUT2D eigenvalue weighted by atomic mass is 32.2. The Kier molecular flexibility index (Phi) is 7.40. The summed E-state index contributed by atoms with van der Waals surface area (Å²) in [5.41, 5.74) is 1.79. The number of aryl methyl sites for hydroxylation is 1. The van der Waals surface area contributed by atoms with Crippen LogP contribution in [-0.2, 0) is 21.1 Å². The maximum atomic E-state index is 12.9. The van der Waals surface area contributed by atoms with Crippen molar-refractivity contribution >= 4 is 27.5 Å². The van der Waals surface area contributed by atoms with E-state index >= 15 is 0 Å². The maximum Gasteiger partial charge on any atom is 0.227 e. The lowest BCUT2D eigenvalue weighted by atomic mass is 10.1. The van der Waals surface area contributed by atoms with Gasteiger partial charge < -0.3 is 14.7 Å². The Bertz CT molecular complexity index is 1100. The van der Waals surface area contributed by atoms with Gasteiger partial charge in [-0.2, -0.15) is 4.98 Å². The average molecular weight is 486 g/mol.